The molecule has 3 rings (SSSR count). The van der Waals surface area contributed by atoms with Crippen LogP contribution in [0.2, 0.25) is 0 Å². The summed E-state index contributed by atoms with van der Waals surface area (Å²) in [6, 6.07) is 15.3. The van der Waals surface area contributed by atoms with Crippen molar-refractivity contribution < 1.29 is 9.59 Å². The van der Waals surface area contributed by atoms with E-state index in [1.54, 1.807) is 18.2 Å². The van der Waals surface area contributed by atoms with Crippen LogP contribution in [0.5, 0.6) is 0 Å². The Bertz CT molecular complexity index is 824. The lowest BCUT2D eigenvalue weighted by Crippen LogP contribution is -2.27. The molecule has 0 radical (unpaired) electrons. The third-order valence-corrected chi connectivity index (χ3v) is 4.13. The van der Waals surface area contributed by atoms with Gasteiger partial charge >= 0.3 is 0 Å². The minimum Gasteiger partial charge on any atom is -0.377 e. The molecule has 0 bridgehead atoms. The molecule has 2 aromatic rings. The minimum absolute atomic E-state index is 0.105. The number of rotatable bonds is 6. The SMILES string of the molecule is CN(C)c1ccc(NC(=O)/C=C/c2ccccc2)cc1C(=O)NC1CC1. The summed E-state index contributed by atoms with van der Waals surface area (Å²) in [4.78, 5) is 26.6. The number of benzene rings is 2. The van der Waals surface area contributed by atoms with Gasteiger partial charge in [0.25, 0.3) is 5.91 Å². The molecule has 0 saturated heterocycles. The molecule has 2 amide bonds. The Kier molecular flexibility index (Phi) is 5.37. The van der Waals surface area contributed by atoms with Crippen LogP contribution in [0.1, 0.15) is 28.8 Å². The molecule has 26 heavy (non-hydrogen) atoms. The van der Waals surface area contributed by atoms with Gasteiger partial charge in [-0.1, -0.05) is 30.3 Å². The number of anilines is 2. The maximum Gasteiger partial charge on any atom is 0.253 e. The molecule has 0 atom stereocenters. The summed E-state index contributed by atoms with van der Waals surface area (Å²) in [5, 5.41) is 5.82. The smallest absolute Gasteiger partial charge is 0.253 e. The van der Waals surface area contributed by atoms with E-state index in [4.69, 9.17) is 0 Å². The van der Waals surface area contributed by atoms with Gasteiger partial charge in [0.15, 0.2) is 0 Å². The van der Waals surface area contributed by atoms with Gasteiger partial charge in [-0.25, -0.2) is 0 Å². The first-order valence-electron chi connectivity index (χ1n) is 8.69. The van der Waals surface area contributed by atoms with E-state index in [0.717, 1.165) is 24.1 Å². The lowest BCUT2D eigenvalue weighted by atomic mass is 10.1. The van der Waals surface area contributed by atoms with Gasteiger partial charge in [0.1, 0.15) is 0 Å². The molecule has 1 aliphatic carbocycles. The lowest BCUT2D eigenvalue weighted by molar-refractivity contribution is -0.111. The molecule has 5 nitrogen and oxygen atoms in total. The number of carbonyl (C=O) groups is 2. The minimum atomic E-state index is -0.236. The van der Waals surface area contributed by atoms with Gasteiger partial charge in [0.2, 0.25) is 5.91 Å². The second-order valence-electron chi connectivity index (χ2n) is 6.61. The van der Waals surface area contributed by atoms with Crippen LogP contribution in [-0.4, -0.2) is 32.0 Å². The molecular formula is C21H23N3O2. The summed E-state index contributed by atoms with van der Waals surface area (Å²) in [6.45, 7) is 0. The number of nitrogens with zero attached hydrogens (tertiary/aromatic N) is 1. The predicted octanol–water partition coefficient (Wildman–Crippen LogP) is 3.30. The third-order valence-electron chi connectivity index (χ3n) is 4.13. The topological polar surface area (TPSA) is 61.4 Å². The van der Waals surface area contributed by atoms with Gasteiger partial charge in [0, 0.05) is 37.6 Å². The summed E-state index contributed by atoms with van der Waals surface area (Å²) in [7, 11) is 3.79. The third kappa shape index (κ3) is 4.72. The fourth-order valence-electron chi connectivity index (χ4n) is 2.60. The van der Waals surface area contributed by atoms with E-state index in [9.17, 15) is 9.59 Å². The molecule has 0 aromatic heterocycles. The van der Waals surface area contributed by atoms with Crippen LogP contribution in [0.4, 0.5) is 11.4 Å². The van der Waals surface area contributed by atoms with Crippen LogP contribution < -0.4 is 15.5 Å². The second-order valence-corrected chi connectivity index (χ2v) is 6.61. The van der Waals surface area contributed by atoms with E-state index in [2.05, 4.69) is 10.6 Å². The van der Waals surface area contributed by atoms with Crippen molar-refractivity contribution in [2.75, 3.05) is 24.3 Å². The molecule has 0 spiro atoms. The molecule has 0 aliphatic heterocycles. The fraction of sp³-hybridized carbons (Fsp3) is 0.238. The highest BCUT2D eigenvalue weighted by Gasteiger charge is 2.25. The predicted molar refractivity (Wildman–Crippen MR) is 105 cm³/mol. The quantitative estimate of drug-likeness (QED) is 0.787. The van der Waals surface area contributed by atoms with E-state index >= 15 is 0 Å². The van der Waals surface area contributed by atoms with Gasteiger partial charge in [-0.2, -0.15) is 0 Å². The zero-order valence-corrected chi connectivity index (χ0v) is 15.0. The van der Waals surface area contributed by atoms with E-state index < -0.39 is 0 Å². The van der Waals surface area contributed by atoms with Crippen molar-refractivity contribution in [1.29, 1.82) is 0 Å². The number of hydrogen-bond donors (Lipinski definition) is 2. The van der Waals surface area contributed by atoms with Gasteiger partial charge < -0.3 is 15.5 Å². The Morgan fingerprint density at radius 3 is 2.46 bits per heavy atom. The number of carbonyl (C=O) groups excluding carboxylic acids is 2. The highest BCUT2D eigenvalue weighted by atomic mass is 16.2. The van der Waals surface area contributed by atoms with Crippen molar-refractivity contribution in [3.05, 3.63) is 65.7 Å². The number of amides is 2. The highest BCUT2D eigenvalue weighted by Crippen LogP contribution is 2.25. The maximum atomic E-state index is 12.5. The monoisotopic (exact) mass is 349 g/mol. The Morgan fingerprint density at radius 2 is 1.81 bits per heavy atom. The van der Waals surface area contributed by atoms with Crippen LogP contribution in [0.15, 0.2) is 54.6 Å². The first-order valence-corrected chi connectivity index (χ1v) is 8.69. The van der Waals surface area contributed by atoms with Gasteiger partial charge in [0.05, 0.1) is 5.56 Å². The Hall–Kier alpha value is -3.08. The molecular weight excluding hydrogens is 326 g/mol. The number of nitrogens with one attached hydrogen (secondary N) is 2. The van der Waals surface area contributed by atoms with E-state index in [1.165, 1.54) is 6.08 Å². The van der Waals surface area contributed by atoms with Crippen LogP contribution in [-0.2, 0) is 4.79 Å². The van der Waals surface area contributed by atoms with E-state index in [-0.39, 0.29) is 17.9 Å². The van der Waals surface area contributed by atoms with Crippen LogP contribution >= 0.6 is 0 Å². The molecule has 2 aromatic carbocycles. The summed E-state index contributed by atoms with van der Waals surface area (Å²) in [6.07, 6.45) is 5.30. The lowest BCUT2D eigenvalue weighted by Gasteiger charge is -2.18. The normalized spacial score (nSPS) is 13.5. The van der Waals surface area contributed by atoms with E-state index in [1.807, 2.05) is 55.4 Å². The van der Waals surface area contributed by atoms with Crippen molar-refractivity contribution in [1.82, 2.24) is 5.32 Å². The van der Waals surface area contributed by atoms with Gasteiger partial charge in [-0.05, 0) is 42.7 Å². The zero-order valence-electron chi connectivity index (χ0n) is 15.0. The number of hydrogen-bond acceptors (Lipinski definition) is 3. The van der Waals surface area contributed by atoms with Gasteiger partial charge in [-0.3, -0.25) is 9.59 Å². The first-order chi connectivity index (χ1) is 12.5. The molecule has 5 heteroatoms. The molecule has 1 aliphatic rings. The second kappa shape index (κ2) is 7.87. The average molecular weight is 349 g/mol. The zero-order chi connectivity index (χ0) is 18.5. The van der Waals surface area contributed by atoms with Crippen molar-refractivity contribution >= 4 is 29.3 Å². The van der Waals surface area contributed by atoms with Crippen molar-refractivity contribution in [3.63, 3.8) is 0 Å². The van der Waals surface area contributed by atoms with Crippen LogP contribution in [0.25, 0.3) is 6.08 Å². The average Bonchev–Trinajstić information content (AvgIpc) is 3.44. The Balaban J connectivity index is 1.73. The molecule has 134 valence electrons. The summed E-state index contributed by atoms with van der Waals surface area (Å²) in [5.41, 5.74) is 2.93. The first kappa shape index (κ1) is 17.7. The van der Waals surface area contributed by atoms with Crippen LogP contribution in [0.3, 0.4) is 0 Å². The summed E-state index contributed by atoms with van der Waals surface area (Å²) >= 11 is 0. The Labute approximate surface area is 153 Å². The summed E-state index contributed by atoms with van der Waals surface area (Å²) < 4.78 is 0. The van der Waals surface area contributed by atoms with Crippen molar-refractivity contribution in [3.8, 4) is 0 Å². The van der Waals surface area contributed by atoms with Gasteiger partial charge in [-0.15, -0.1) is 0 Å². The molecule has 0 heterocycles. The molecule has 2 N–H and O–H groups in total. The van der Waals surface area contributed by atoms with Crippen LogP contribution in [0, 0.1) is 0 Å². The maximum absolute atomic E-state index is 12.5. The Morgan fingerprint density at radius 1 is 1.08 bits per heavy atom. The molecule has 1 saturated carbocycles. The van der Waals surface area contributed by atoms with Crippen molar-refractivity contribution in [2.24, 2.45) is 0 Å². The highest BCUT2D eigenvalue weighted by molar-refractivity contribution is 6.05. The summed E-state index contributed by atoms with van der Waals surface area (Å²) in [5.74, 6) is -0.341. The van der Waals surface area contributed by atoms with E-state index in [0.29, 0.717) is 11.3 Å². The largest absolute Gasteiger partial charge is 0.377 e. The van der Waals surface area contributed by atoms with Crippen molar-refractivity contribution in [2.45, 2.75) is 18.9 Å². The molecule has 0 unspecified atom stereocenters. The fourth-order valence-corrected chi connectivity index (χ4v) is 2.60. The standard InChI is InChI=1S/C21H23N3O2/c1-24(2)19-12-11-17(14-18(19)21(26)23-16-9-10-16)22-20(25)13-8-15-6-4-3-5-7-15/h3-8,11-14,16H,9-10H2,1-2H3,(H,22,25)(H,23,26)/b13-8+. The molecule has 1 fully saturated rings.